The molecule has 21 heavy (non-hydrogen) atoms. The van der Waals surface area contributed by atoms with Crippen molar-refractivity contribution < 1.29 is 18.9 Å². The van der Waals surface area contributed by atoms with E-state index in [1.54, 1.807) is 24.3 Å². The van der Waals surface area contributed by atoms with Crippen molar-refractivity contribution in [3.63, 3.8) is 0 Å². The van der Waals surface area contributed by atoms with Crippen LogP contribution in [0, 0.1) is 10.1 Å². The minimum absolute atomic E-state index is 0.0632. The molecule has 0 aliphatic heterocycles. The summed E-state index contributed by atoms with van der Waals surface area (Å²) >= 11 is 0. The van der Waals surface area contributed by atoms with E-state index in [1.165, 1.54) is 30.5 Å². The minimum Gasteiger partial charge on any atom is -0.464 e. The maximum absolute atomic E-state index is 12.1. The Balaban J connectivity index is 1.86. The van der Waals surface area contributed by atoms with E-state index in [9.17, 15) is 14.9 Å². The van der Waals surface area contributed by atoms with E-state index in [0.29, 0.717) is 16.5 Å². The number of nitrogens with zero attached hydrogens (tertiary/aromatic N) is 1. The number of rotatable bonds is 3. The third-order valence-electron chi connectivity index (χ3n) is 2.97. The van der Waals surface area contributed by atoms with Crippen LogP contribution in [0.3, 0.4) is 0 Å². The molecular formula is C15H9NO5. The number of furan rings is 1. The molecule has 104 valence electrons. The zero-order chi connectivity index (χ0) is 14.8. The zero-order valence-corrected chi connectivity index (χ0v) is 10.7. The van der Waals surface area contributed by atoms with Gasteiger partial charge in [0, 0.05) is 17.5 Å². The lowest BCUT2D eigenvalue weighted by Crippen LogP contribution is -2.08. The Kier molecular flexibility index (Phi) is 3.12. The fourth-order valence-corrected chi connectivity index (χ4v) is 1.97. The molecule has 0 unspecified atom stereocenters. The maximum Gasteiger partial charge on any atom is 0.344 e. The summed E-state index contributed by atoms with van der Waals surface area (Å²) in [5, 5.41) is 11.2. The highest BCUT2D eigenvalue weighted by Gasteiger charge is 2.14. The van der Waals surface area contributed by atoms with Gasteiger partial charge in [-0.05, 0) is 30.3 Å². The first kappa shape index (κ1) is 12.9. The molecule has 0 bridgehead atoms. The molecule has 3 aromatic rings. The molecular weight excluding hydrogens is 274 g/mol. The van der Waals surface area contributed by atoms with Crippen LogP contribution in [0.4, 0.5) is 5.69 Å². The number of benzene rings is 2. The number of ether oxygens (including phenoxy) is 1. The third-order valence-corrected chi connectivity index (χ3v) is 2.97. The van der Waals surface area contributed by atoms with E-state index in [1.807, 2.05) is 0 Å². The van der Waals surface area contributed by atoms with Crippen molar-refractivity contribution in [1.82, 2.24) is 0 Å². The van der Waals surface area contributed by atoms with Crippen LogP contribution in [0.15, 0.2) is 59.2 Å². The largest absolute Gasteiger partial charge is 0.464 e. The first-order valence-corrected chi connectivity index (χ1v) is 6.08. The highest BCUT2D eigenvalue weighted by Crippen LogP contribution is 2.23. The molecule has 0 amide bonds. The quantitative estimate of drug-likeness (QED) is 0.317. The Morgan fingerprint density at radius 2 is 1.86 bits per heavy atom. The van der Waals surface area contributed by atoms with E-state index in [4.69, 9.17) is 9.15 Å². The summed E-state index contributed by atoms with van der Waals surface area (Å²) in [6.45, 7) is 0. The molecule has 0 spiro atoms. The van der Waals surface area contributed by atoms with Crippen LogP contribution in [0.2, 0.25) is 0 Å². The zero-order valence-electron chi connectivity index (χ0n) is 10.7. The summed E-state index contributed by atoms with van der Waals surface area (Å²) in [7, 11) is 0. The molecule has 0 N–H and O–H groups in total. The number of non-ortho nitro benzene ring substituents is 1. The number of nitro benzene ring substituents is 1. The van der Waals surface area contributed by atoms with Gasteiger partial charge >= 0.3 is 5.97 Å². The van der Waals surface area contributed by atoms with Crippen molar-refractivity contribution in [2.75, 3.05) is 0 Å². The van der Waals surface area contributed by atoms with Gasteiger partial charge in [-0.15, -0.1) is 0 Å². The van der Waals surface area contributed by atoms with Crippen molar-refractivity contribution in [3.8, 4) is 5.75 Å². The fourth-order valence-electron chi connectivity index (χ4n) is 1.97. The Labute approximate surface area is 118 Å². The molecule has 6 nitrogen and oxygen atoms in total. The number of fused-ring (bicyclic) bond motifs is 1. The van der Waals surface area contributed by atoms with Gasteiger partial charge < -0.3 is 9.15 Å². The number of hydrogen-bond acceptors (Lipinski definition) is 5. The molecule has 0 saturated heterocycles. The summed E-state index contributed by atoms with van der Waals surface area (Å²) in [6, 6.07) is 12.1. The lowest BCUT2D eigenvalue weighted by Gasteiger charge is -2.04. The normalized spacial score (nSPS) is 10.5. The second kappa shape index (κ2) is 5.09. The van der Waals surface area contributed by atoms with Crippen LogP contribution in [-0.4, -0.2) is 10.9 Å². The van der Waals surface area contributed by atoms with Crippen molar-refractivity contribution in [2.24, 2.45) is 0 Å². The highest BCUT2D eigenvalue weighted by molar-refractivity contribution is 6.03. The summed E-state index contributed by atoms with van der Waals surface area (Å²) in [5.74, 6) is -0.304. The van der Waals surface area contributed by atoms with Crippen LogP contribution in [0.5, 0.6) is 5.75 Å². The van der Waals surface area contributed by atoms with Gasteiger partial charge in [-0.3, -0.25) is 10.1 Å². The summed E-state index contributed by atoms with van der Waals surface area (Å²) < 4.78 is 10.4. The molecule has 1 heterocycles. The average molecular weight is 283 g/mol. The van der Waals surface area contributed by atoms with Crippen LogP contribution >= 0.6 is 0 Å². The van der Waals surface area contributed by atoms with E-state index < -0.39 is 10.9 Å². The van der Waals surface area contributed by atoms with Crippen molar-refractivity contribution in [1.29, 1.82) is 0 Å². The van der Waals surface area contributed by atoms with Crippen LogP contribution < -0.4 is 4.74 Å². The second-order valence-corrected chi connectivity index (χ2v) is 4.28. The van der Waals surface area contributed by atoms with Crippen LogP contribution in [-0.2, 0) is 0 Å². The number of carbonyl (C=O) groups is 1. The standard InChI is InChI=1S/C15H9NO5/c17-15(13-2-1-3-14-12(13)8-9-20-14)21-11-6-4-10(5-7-11)16(18)19/h1-9H. The Bertz CT molecular complexity index is 819. The number of carbonyl (C=O) groups excluding carboxylic acids is 1. The third kappa shape index (κ3) is 2.46. The fraction of sp³-hybridized carbons (Fsp3) is 0. The Hall–Kier alpha value is -3.15. The van der Waals surface area contributed by atoms with E-state index in [-0.39, 0.29) is 11.4 Å². The van der Waals surface area contributed by atoms with E-state index in [0.717, 1.165) is 0 Å². The van der Waals surface area contributed by atoms with Crippen molar-refractivity contribution >= 4 is 22.6 Å². The van der Waals surface area contributed by atoms with Gasteiger partial charge in [0.05, 0.1) is 16.7 Å². The lowest BCUT2D eigenvalue weighted by atomic mass is 10.1. The number of hydrogen-bond donors (Lipinski definition) is 0. The monoisotopic (exact) mass is 283 g/mol. The summed E-state index contributed by atoms with van der Waals surface area (Å²) in [6.07, 6.45) is 1.49. The van der Waals surface area contributed by atoms with Crippen molar-refractivity contribution in [3.05, 3.63) is 70.5 Å². The highest BCUT2D eigenvalue weighted by atomic mass is 16.6. The first-order chi connectivity index (χ1) is 10.1. The molecule has 0 saturated carbocycles. The van der Waals surface area contributed by atoms with Gasteiger partial charge in [0.25, 0.3) is 5.69 Å². The molecule has 0 radical (unpaired) electrons. The maximum atomic E-state index is 12.1. The Morgan fingerprint density at radius 1 is 1.10 bits per heavy atom. The molecule has 0 fully saturated rings. The van der Waals surface area contributed by atoms with Crippen molar-refractivity contribution in [2.45, 2.75) is 0 Å². The van der Waals surface area contributed by atoms with Gasteiger partial charge in [-0.2, -0.15) is 0 Å². The van der Waals surface area contributed by atoms with Gasteiger partial charge in [-0.1, -0.05) is 6.07 Å². The second-order valence-electron chi connectivity index (χ2n) is 4.28. The Morgan fingerprint density at radius 3 is 2.57 bits per heavy atom. The van der Waals surface area contributed by atoms with Crippen LogP contribution in [0.1, 0.15) is 10.4 Å². The molecule has 3 rings (SSSR count). The predicted molar refractivity (Wildman–Crippen MR) is 74.3 cm³/mol. The predicted octanol–water partition coefficient (Wildman–Crippen LogP) is 3.56. The van der Waals surface area contributed by atoms with E-state index in [2.05, 4.69) is 0 Å². The molecule has 0 aliphatic carbocycles. The molecule has 0 atom stereocenters. The molecule has 2 aromatic carbocycles. The van der Waals surface area contributed by atoms with E-state index >= 15 is 0 Å². The number of esters is 1. The van der Waals surface area contributed by atoms with Gasteiger partial charge in [0.1, 0.15) is 11.3 Å². The molecule has 0 aliphatic rings. The minimum atomic E-state index is -0.546. The van der Waals surface area contributed by atoms with Gasteiger partial charge in [-0.25, -0.2) is 4.79 Å². The lowest BCUT2D eigenvalue weighted by molar-refractivity contribution is -0.384. The molecule has 6 heteroatoms. The van der Waals surface area contributed by atoms with Crippen LogP contribution in [0.25, 0.3) is 11.0 Å². The first-order valence-electron chi connectivity index (χ1n) is 6.08. The summed E-state index contributed by atoms with van der Waals surface area (Å²) in [4.78, 5) is 22.2. The topological polar surface area (TPSA) is 82.6 Å². The molecule has 1 aromatic heterocycles. The smallest absolute Gasteiger partial charge is 0.344 e. The van der Waals surface area contributed by atoms with Gasteiger partial charge in [0.15, 0.2) is 0 Å². The average Bonchev–Trinajstić information content (AvgIpc) is 2.96. The SMILES string of the molecule is O=C(Oc1ccc([N+](=O)[O-])cc1)c1cccc2occc12. The number of nitro groups is 1. The van der Waals surface area contributed by atoms with Gasteiger partial charge in [0.2, 0.25) is 0 Å². The summed E-state index contributed by atoms with van der Waals surface area (Å²) in [5.41, 5.74) is 0.902.